The lowest BCUT2D eigenvalue weighted by Gasteiger charge is -2.23. The summed E-state index contributed by atoms with van der Waals surface area (Å²) in [6.07, 6.45) is 2.82. The Labute approximate surface area is 133 Å². The summed E-state index contributed by atoms with van der Waals surface area (Å²) in [5.41, 5.74) is 2.38. The van der Waals surface area contributed by atoms with Crippen molar-refractivity contribution in [1.29, 1.82) is 0 Å². The van der Waals surface area contributed by atoms with Crippen LogP contribution < -0.4 is 0 Å². The molecule has 3 rings (SSSR count). The second-order valence-corrected chi connectivity index (χ2v) is 5.97. The largest absolute Gasteiger partial charge is 0.361 e. The number of rotatable bonds is 4. The predicted molar refractivity (Wildman–Crippen MR) is 79.5 cm³/mol. The Kier molecular flexibility index (Phi) is 4.20. The molecule has 1 saturated heterocycles. The Morgan fingerprint density at radius 2 is 2.23 bits per heavy atom. The van der Waals surface area contributed by atoms with E-state index in [0.29, 0.717) is 12.8 Å². The van der Waals surface area contributed by atoms with Gasteiger partial charge in [-0.15, -0.1) is 0 Å². The van der Waals surface area contributed by atoms with Crippen LogP contribution in [0.2, 0.25) is 5.22 Å². The quantitative estimate of drug-likeness (QED) is 0.863. The molecule has 6 nitrogen and oxygen atoms in total. The van der Waals surface area contributed by atoms with E-state index in [0.717, 1.165) is 42.1 Å². The fourth-order valence-corrected chi connectivity index (χ4v) is 3.20. The van der Waals surface area contributed by atoms with Crippen molar-refractivity contribution in [2.45, 2.75) is 45.6 Å². The van der Waals surface area contributed by atoms with Crippen LogP contribution in [0, 0.1) is 13.8 Å². The Bertz CT molecular complexity index is 660. The monoisotopic (exact) mass is 323 g/mol. The SMILES string of the molecule is Cc1cc(C2CCCN2C(=O)CCc2c(C)noc2Cl)no1. The van der Waals surface area contributed by atoms with Gasteiger partial charge in [0.1, 0.15) is 11.5 Å². The van der Waals surface area contributed by atoms with Crippen molar-refractivity contribution < 1.29 is 13.8 Å². The Morgan fingerprint density at radius 3 is 2.86 bits per heavy atom. The fourth-order valence-electron chi connectivity index (χ4n) is 2.93. The number of aryl methyl sites for hydroxylation is 2. The molecular weight excluding hydrogens is 306 g/mol. The van der Waals surface area contributed by atoms with Crippen LogP contribution in [0.15, 0.2) is 15.1 Å². The van der Waals surface area contributed by atoms with Crippen molar-refractivity contribution in [3.8, 4) is 0 Å². The van der Waals surface area contributed by atoms with Crippen molar-refractivity contribution in [3.05, 3.63) is 34.0 Å². The van der Waals surface area contributed by atoms with E-state index in [4.69, 9.17) is 20.6 Å². The highest BCUT2D eigenvalue weighted by atomic mass is 35.5. The minimum absolute atomic E-state index is 0.0176. The second kappa shape index (κ2) is 6.12. The van der Waals surface area contributed by atoms with Crippen LogP contribution in [0.3, 0.4) is 0 Å². The van der Waals surface area contributed by atoms with Gasteiger partial charge in [0.25, 0.3) is 0 Å². The highest BCUT2D eigenvalue weighted by Crippen LogP contribution is 2.32. The van der Waals surface area contributed by atoms with Gasteiger partial charge in [0, 0.05) is 24.6 Å². The molecule has 7 heteroatoms. The highest BCUT2D eigenvalue weighted by molar-refractivity contribution is 6.29. The maximum atomic E-state index is 12.5. The zero-order valence-corrected chi connectivity index (χ0v) is 13.4. The molecule has 0 aliphatic carbocycles. The van der Waals surface area contributed by atoms with Gasteiger partial charge in [-0.25, -0.2) is 0 Å². The molecule has 2 aromatic rings. The van der Waals surface area contributed by atoms with E-state index in [1.807, 2.05) is 24.8 Å². The van der Waals surface area contributed by atoms with Gasteiger partial charge in [0.05, 0.1) is 11.7 Å². The number of hydrogen-bond acceptors (Lipinski definition) is 5. The first-order chi connectivity index (χ1) is 10.6. The molecule has 118 valence electrons. The van der Waals surface area contributed by atoms with Gasteiger partial charge in [-0.2, -0.15) is 0 Å². The van der Waals surface area contributed by atoms with E-state index in [1.54, 1.807) is 0 Å². The first kappa shape index (κ1) is 15.1. The fraction of sp³-hybridized carbons (Fsp3) is 0.533. The van der Waals surface area contributed by atoms with E-state index in [9.17, 15) is 4.79 Å². The predicted octanol–water partition coefficient (Wildman–Crippen LogP) is 3.23. The smallest absolute Gasteiger partial charge is 0.229 e. The van der Waals surface area contributed by atoms with E-state index >= 15 is 0 Å². The maximum absolute atomic E-state index is 12.5. The van der Waals surface area contributed by atoms with Crippen molar-refractivity contribution in [3.63, 3.8) is 0 Å². The molecule has 0 spiro atoms. The average Bonchev–Trinajstić information content (AvgIpc) is 3.18. The van der Waals surface area contributed by atoms with Crippen LogP contribution in [-0.2, 0) is 11.2 Å². The number of aromatic nitrogens is 2. The lowest BCUT2D eigenvalue weighted by molar-refractivity contribution is -0.132. The lowest BCUT2D eigenvalue weighted by atomic mass is 10.1. The summed E-state index contributed by atoms with van der Waals surface area (Å²) in [7, 11) is 0. The second-order valence-electron chi connectivity index (χ2n) is 5.63. The van der Waals surface area contributed by atoms with Gasteiger partial charge in [-0.1, -0.05) is 10.3 Å². The zero-order valence-electron chi connectivity index (χ0n) is 12.6. The molecule has 3 heterocycles. The van der Waals surface area contributed by atoms with Crippen LogP contribution in [0.5, 0.6) is 0 Å². The minimum Gasteiger partial charge on any atom is -0.361 e. The summed E-state index contributed by atoms with van der Waals surface area (Å²) in [6.45, 7) is 4.44. The highest BCUT2D eigenvalue weighted by Gasteiger charge is 2.32. The topological polar surface area (TPSA) is 72.4 Å². The van der Waals surface area contributed by atoms with Crippen LogP contribution in [0.1, 0.15) is 48.0 Å². The molecule has 1 amide bonds. The standard InChI is InChI=1S/C15H18ClN3O3/c1-9-8-12(18-21-9)13-4-3-7-19(13)14(20)6-5-11-10(2)17-22-15(11)16/h8,13H,3-7H2,1-2H3. The Balaban J connectivity index is 1.66. The third-order valence-electron chi connectivity index (χ3n) is 4.09. The molecule has 2 aromatic heterocycles. The van der Waals surface area contributed by atoms with Crippen LogP contribution >= 0.6 is 11.6 Å². The van der Waals surface area contributed by atoms with Gasteiger partial charge in [-0.3, -0.25) is 4.79 Å². The van der Waals surface area contributed by atoms with Crippen LogP contribution in [0.4, 0.5) is 0 Å². The zero-order chi connectivity index (χ0) is 15.7. The number of nitrogens with zero attached hydrogens (tertiary/aromatic N) is 3. The van der Waals surface area contributed by atoms with Crippen molar-refractivity contribution in [1.82, 2.24) is 15.2 Å². The molecule has 1 atom stereocenters. The first-order valence-corrected chi connectivity index (χ1v) is 7.77. The van der Waals surface area contributed by atoms with Gasteiger partial charge < -0.3 is 13.9 Å². The number of halogens is 1. The molecule has 1 unspecified atom stereocenters. The summed E-state index contributed by atoms with van der Waals surface area (Å²) in [5.74, 6) is 0.862. The average molecular weight is 324 g/mol. The Hall–Kier alpha value is -1.82. The minimum atomic E-state index is 0.0176. The van der Waals surface area contributed by atoms with Gasteiger partial charge >= 0.3 is 0 Å². The van der Waals surface area contributed by atoms with E-state index in [-0.39, 0.29) is 17.2 Å². The van der Waals surface area contributed by atoms with E-state index in [2.05, 4.69) is 10.3 Å². The van der Waals surface area contributed by atoms with Crippen LogP contribution in [0.25, 0.3) is 0 Å². The summed E-state index contributed by atoms with van der Waals surface area (Å²) >= 11 is 5.94. The Morgan fingerprint density at radius 1 is 1.41 bits per heavy atom. The van der Waals surface area contributed by atoms with Crippen LogP contribution in [-0.4, -0.2) is 27.7 Å². The maximum Gasteiger partial charge on any atom is 0.229 e. The molecule has 0 radical (unpaired) electrons. The molecule has 0 bridgehead atoms. The van der Waals surface area contributed by atoms with E-state index in [1.165, 1.54) is 0 Å². The van der Waals surface area contributed by atoms with Gasteiger partial charge in [-0.05, 0) is 44.7 Å². The van der Waals surface area contributed by atoms with Crippen molar-refractivity contribution in [2.24, 2.45) is 0 Å². The van der Waals surface area contributed by atoms with E-state index < -0.39 is 0 Å². The number of amides is 1. The number of carbonyl (C=O) groups excluding carboxylic acids is 1. The van der Waals surface area contributed by atoms with Gasteiger partial charge in [0.2, 0.25) is 11.1 Å². The molecule has 1 aliphatic rings. The summed E-state index contributed by atoms with van der Waals surface area (Å²) < 4.78 is 10.0. The normalized spacial score (nSPS) is 18.1. The number of hydrogen-bond donors (Lipinski definition) is 0. The summed E-state index contributed by atoms with van der Waals surface area (Å²) in [4.78, 5) is 14.4. The third-order valence-corrected chi connectivity index (χ3v) is 4.38. The van der Waals surface area contributed by atoms with Crippen molar-refractivity contribution >= 4 is 17.5 Å². The first-order valence-electron chi connectivity index (χ1n) is 7.39. The van der Waals surface area contributed by atoms with Crippen molar-refractivity contribution in [2.75, 3.05) is 6.54 Å². The molecule has 0 N–H and O–H groups in total. The summed E-state index contributed by atoms with van der Waals surface area (Å²) in [5, 5.41) is 8.13. The third kappa shape index (κ3) is 2.88. The molecular formula is C15H18ClN3O3. The number of carbonyl (C=O) groups is 1. The number of likely N-dealkylation sites (tertiary alicyclic amines) is 1. The molecule has 0 saturated carbocycles. The molecule has 0 aromatic carbocycles. The molecule has 1 fully saturated rings. The molecule has 1 aliphatic heterocycles. The molecule has 22 heavy (non-hydrogen) atoms. The van der Waals surface area contributed by atoms with Gasteiger partial charge in [0.15, 0.2) is 0 Å². The summed E-state index contributed by atoms with van der Waals surface area (Å²) in [6, 6.07) is 1.92. The lowest BCUT2D eigenvalue weighted by Crippen LogP contribution is -2.30.